The van der Waals surface area contributed by atoms with Gasteiger partial charge in [0.05, 0.1) is 11.9 Å². The molecular formula is C34H32F2N4O6S. The Hall–Kier alpha value is -4.62. The minimum atomic E-state index is -3.97. The van der Waals surface area contributed by atoms with E-state index in [0.29, 0.717) is 37.4 Å². The highest BCUT2D eigenvalue weighted by Crippen LogP contribution is 2.31. The van der Waals surface area contributed by atoms with Crippen LogP contribution >= 0.6 is 0 Å². The Bertz CT molecular complexity index is 1940. The van der Waals surface area contributed by atoms with Crippen LogP contribution in [-0.2, 0) is 45.2 Å². The van der Waals surface area contributed by atoms with Crippen molar-refractivity contribution in [2.75, 3.05) is 36.8 Å². The van der Waals surface area contributed by atoms with Crippen molar-refractivity contribution in [2.45, 2.75) is 37.9 Å². The number of halogens is 2. The fourth-order valence-electron chi connectivity index (χ4n) is 6.65. The monoisotopic (exact) mass is 662 g/mol. The molecule has 2 aliphatic carbocycles. The zero-order valence-corrected chi connectivity index (χ0v) is 26.2. The minimum absolute atomic E-state index is 0.0417. The summed E-state index contributed by atoms with van der Waals surface area (Å²) in [7, 11) is -3.97. The van der Waals surface area contributed by atoms with Gasteiger partial charge in [-0.15, -0.1) is 0 Å². The molecule has 1 fully saturated rings. The molecule has 0 spiro atoms. The lowest BCUT2D eigenvalue weighted by atomic mass is 10.1. The molecule has 3 aromatic carbocycles. The average Bonchev–Trinajstić information content (AvgIpc) is 3.64. The Morgan fingerprint density at radius 3 is 1.89 bits per heavy atom. The van der Waals surface area contributed by atoms with Crippen molar-refractivity contribution in [3.05, 3.63) is 117 Å². The van der Waals surface area contributed by atoms with E-state index in [9.17, 15) is 26.8 Å². The quantitative estimate of drug-likeness (QED) is 0.265. The number of nitrogens with zero attached hydrogens (tertiary/aromatic N) is 4. The molecule has 0 saturated carbocycles. The van der Waals surface area contributed by atoms with Crippen molar-refractivity contribution in [2.24, 2.45) is 0 Å². The lowest BCUT2D eigenvalue weighted by molar-refractivity contribution is -0.145. The van der Waals surface area contributed by atoms with E-state index in [1.54, 1.807) is 4.90 Å². The van der Waals surface area contributed by atoms with Crippen LogP contribution in [0.25, 0.3) is 5.69 Å². The Kier molecular flexibility index (Phi) is 8.27. The number of hydrogen-bond donors (Lipinski definition) is 0. The fraction of sp³-hybridized carbons (Fsp3) is 0.324. The molecule has 1 aliphatic heterocycles. The van der Waals surface area contributed by atoms with Crippen molar-refractivity contribution in [3.8, 4) is 11.4 Å². The second-order valence-electron chi connectivity index (χ2n) is 12.1. The number of carbonyl (C=O) groups is 1. The topological polar surface area (TPSA) is 111 Å². The van der Waals surface area contributed by atoms with Crippen LogP contribution in [0.5, 0.6) is 5.75 Å². The van der Waals surface area contributed by atoms with Crippen molar-refractivity contribution in [1.82, 2.24) is 14.1 Å². The van der Waals surface area contributed by atoms with Gasteiger partial charge in [0, 0.05) is 57.9 Å². The molecule has 47 heavy (non-hydrogen) atoms. The number of carbonyl (C=O) groups excluding carboxylic acids is 1. The van der Waals surface area contributed by atoms with Gasteiger partial charge in [-0.25, -0.2) is 17.2 Å². The molecule has 3 aliphatic rings. The molecule has 0 radical (unpaired) electrons. The second-order valence-corrected chi connectivity index (χ2v) is 14.0. The zero-order valence-electron chi connectivity index (χ0n) is 25.3. The SMILES string of the molecule is O=C(CS(=O)(=O)N1CCN(c2cnn(-c3cc(F)cc(F)c3)c(=O)c2OC2Cc3ccccc3C2)CC1)OC1Cc2ccccc2C1. The van der Waals surface area contributed by atoms with Crippen LogP contribution in [0.3, 0.4) is 0 Å². The highest BCUT2D eigenvalue weighted by atomic mass is 32.2. The van der Waals surface area contributed by atoms with Crippen LogP contribution in [0, 0.1) is 11.6 Å². The number of anilines is 1. The van der Waals surface area contributed by atoms with Gasteiger partial charge >= 0.3 is 11.5 Å². The predicted molar refractivity (Wildman–Crippen MR) is 169 cm³/mol. The molecular weight excluding hydrogens is 630 g/mol. The van der Waals surface area contributed by atoms with Crippen LogP contribution in [0.15, 0.2) is 77.7 Å². The third kappa shape index (κ3) is 6.50. The Balaban J connectivity index is 1.07. The van der Waals surface area contributed by atoms with E-state index in [1.165, 1.54) is 10.5 Å². The third-order valence-electron chi connectivity index (χ3n) is 8.89. The second kappa shape index (κ2) is 12.5. The summed E-state index contributed by atoms with van der Waals surface area (Å²) in [6.45, 7) is 0.481. The highest BCUT2D eigenvalue weighted by molar-refractivity contribution is 7.89. The van der Waals surface area contributed by atoms with E-state index in [4.69, 9.17) is 9.47 Å². The molecule has 4 aromatic rings. The number of piperazine rings is 1. The number of fused-ring (bicyclic) bond motifs is 2. The van der Waals surface area contributed by atoms with Crippen LogP contribution < -0.4 is 15.2 Å². The number of hydrogen-bond acceptors (Lipinski definition) is 8. The molecule has 2 heterocycles. The third-order valence-corrected chi connectivity index (χ3v) is 10.6. The predicted octanol–water partition coefficient (Wildman–Crippen LogP) is 3.22. The Labute approximate surface area is 270 Å². The van der Waals surface area contributed by atoms with E-state index >= 15 is 0 Å². The summed E-state index contributed by atoms with van der Waals surface area (Å²) in [6, 6.07) is 18.4. The summed E-state index contributed by atoms with van der Waals surface area (Å²) in [5, 5.41) is 4.21. The minimum Gasteiger partial charge on any atom is -0.482 e. The van der Waals surface area contributed by atoms with E-state index < -0.39 is 45.0 Å². The first kappa shape index (κ1) is 31.0. The standard InChI is InChI=1S/C34H32F2N4O6S/c35-26-17-27(36)19-28(18-26)40-34(42)33(46-30-15-24-7-3-4-8-25(24)16-30)31(20-37-40)38-9-11-39(12-10-38)47(43,44)21-32(41)45-29-13-22-5-1-2-6-23(22)14-29/h1-8,17-20,29-30H,9-16,21H2. The lowest BCUT2D eigenvalue weighted by Gasteiger charge is -2.35. The molecule has 1 saturated heterocycles. The van der Waals surface area contributed by atoms with Crippen LogP contribution in [0.1, 0.15) is 22.3 Å². The van der Waals surface area contributed by atoms with Gasteiger partial charge < -0.3 is 14.4 Å². The van der Waals surface area contributed by atoms with Gasteiger partial charge in [0.15, 0.2) is 5.75 Å². The fourth-order valence-corrected chi connectivity index (χ4v) is 7.92. The first-order valence-electron chi connectivity index (χ1n) is 15.4. The van der Waals surface area contributed by atoms with Crippen molar-refractivity contribution < 1.29 is 31.5 Å². The van der Waals surface area contributed by atoms with E-state index in [0.717, 1.165) is 39.1 Å². The van der Waals surface area contributed by atoms with Crippen LogP contribution in [0.2, 0.25) is 0 Å². The maximum Gasteiger partial charge on any atom is 0.322 e. The number of rotatable bonds is 8. The molecule has 7 rings (SSSR count). The number of esters is 1. The summed E-state index contributed by atoms with van der Waals surface area (Å²) >= 11 is 0. The van der Waals surface area contributed by atoms with E-state index in [2.05, 4.69) is 5.10 Å². The van der Waals surface area contributed by atoms with Crippen molar-refractivity contribution in [3.63, 3.8) is 0 Å². The number of aromatic nitrogens is 2. The van der Waals surface area contributed by atoms with Crippen LogP contribution in [-0.4, -0.2) is 72.6 Å². The molecule has 0 unspecified atom stereocenters. The number of sulfonamides is 1. The molecule has 1 aromatic heterocycles. The Morgan fingerprint density at radius 2 is 1.34 bits per heavy atom. The smallest absolute Gasteiger partial charge is 0.322 e. The maximum absolute atomic E-state index is 14.1. The summed E-state index contributed by atoms with van der Waals surface area (Å²) in [6.07, 6.45) is 2.89. The normalized spacial score (nSPS) is 17.0. The summed E-state index contributed by atoms with van der Waals surface area (Å²) in [5.74, 6) is -3.32. The van der Waals surface area contributed by atoms with Gasteiger partial charge in [-0.3, -0.25) is 9.59 Å². The summed E-state index contributed by atoms with van der Waals surface area (Å²) in [5.41, 5.74) is 3.95. The van der Waals surface area contributed by atoms with Gasteiger partial charge in [-0.05, 0) is 34.4 Å². The maximum atomic E-state index is 14.1. The van der Waals surface area contributed by atoms with Gasteiger partial charge in [0.2, 0.25) is 15.8 Å². The number of benzene rings is 3. The lowest BCUT2D eigenvalue weighted by Crippen LogP contribution is -2.50. The molecule has 0 N–H and O–H groups in total. The van der Waals surface area contributed by atoms with Gasteiger partial charge in [0.1, 0.15) is 29.5 Å². The molecule has 0 amide bonds. The van der Waals surface area contributed by atoms with Crippen LogP contribution in [0.4, 0.5) is 14.5 Å². The number of ether oxygens (including phenoxy) is 2. The molecule has 244 valence electrons. The molecule has 13 heteroatoms. The molecule has 0 atom stereocenters. The first-order valence-corrected chi connectivity index (χ1v) is 17.0. The Morgan fingerprint density at radius 1 is 0.809 bits per heavy atom. The first-order chi connectivity index (χ1) is 22.6. The van der Waals surface area contributed by atoms with Crippen molar-refractivity contribution >= 4 is 21.7 Å². The van der Waals surface area contributed by atoms with E-state index in [-0.39, 0.29) is 43.7 Å². The van der Waals surface area contributed by atoms with Gasteiger partial charge in [-0.2, -0.15) is 14.1 Å². The van der Waals surface area contributed by atoms with Gasteiger partial charge in [-0.1, -0.05) is 48.5 Å². The van der Waals surface area contributed by atoms with Crippen molar-refractivity contribution in [1.29, 1.82) is 0 Å². The largest absolute Gasteiger partial charge is 0.482 e. The molecule has 10 nitrogen and oxygen atoms in total. The summed E-state index contributed by atoms with van der Waals surface area (Å²) in [4.78, 5) is 28.3. The van der Waals surface area contributed by atoms with E-state index in [1.807, 2.05) is 48.5 Å². The van der Waals surface area contributed by atoms with Gasteiger partial charge in [0.25, 0.3) is 0 Å². The molecule has 0 bridgehead atoms. The average molecular weight is 663 g/mol. The highest BCUT2D eigenvalue weighted by Gasteiger charge is 2.34. The zero-order chi connectivity index (χ0) is 32.7. The summed E-state index contributed by atoms with van der Waals surface area (Å²) < 4.78 is 68.5.